The Hall–Kier alpha value is -0.500. The summed E-state index contributed by atoms with van der Waals surface area (Å²) in [6.07, 6.45) is 4.94. The van der Waals surface area contributed by atoms with Crippen molar-refractivity contribution in [2.45, 2.75) is 12.5 Å². The molecule has 0 bridgehead atoms. The van der Waals surface area contributed by atoms with Gasteiger partial charge in [-0.25, -0.2) is 0 Å². The molecule has 2 N–H and O–H groups in total. The van der Waals surface area contributed by atoms with Gasteiger partial charge in [0.15, 0.2) is 0 Å². The Labute approximate surface area is 43.0 Å². The van der Waals surface area contributed by atoms with Gasteiger partial charge in [-0.05, 0) is 6.08 Å². The van der Waals surface area contributed by atoms with Gasteiger partial charge in [0.2, 0.25) is 0 Å². The molecule has 1 rings (SSSR count). The summed E-state index contributed by atoms with van der Waals surface area (Å²) in [5, 5.41) is 0. The minimum absolute atomic E-state index is 0.264. The molecule has 1 unspecified atom stereocenters. The number of hydrogen-bond donors (Lipinski definition) is 1. The fraction of sp³-hybridized carbons (Fsp3) is 0.600. The van der Waals surface area contributed by atoms with Gasteiger partial charge in [0.25, 0.3) is 0 Å². The van der Waals surface area contributed by atoms with E-state index in [9.17, 15) is 0 Å². The third-order valence-corrected chi connectivity index (χ3v) is 1.03. The number of rotatable bonds is 1. The zero-order chi connectivity index (χ0) is 5.11. The van der Waals surface area contributed by atoms with E-state index < -0.39 is 0 Å². The summed E-state index contributed by atoms with van der Waals surface area (Å²) in [7, 11) is 0. The Morgan fingerprint density at radius 1 is 1.86 bits per heavy atom. The fourth-order valence-electron chi connectivity index (χ4n) is 0.581. The molecule has 1 aliphatic rings. The molecule has 0 aliphatic carbocycles. The molecule has 2 nitrogen and oxygen atoms in total. The summed E-state index contributed by atoms with van der Waals surface area (Å²) >= 11 is 0. The van der Waals surface area contributed by atoms with Gasteiger partial charge in [0.1, 0.15) is 6.10 Å². The first-order valence-corrected chi connectivity index (χ1v) is 2.44. The van der Waals surface area contributed by atoms with Crippen LogP contribution in [-0.4, -0.2) is 12.6 Å². The topological polar surface area (TPSA) is 35.2 Å². The minimum atomic E-state index is 0.264. The first kappa shape index (κ1) is 4.65. The lowest BCUT2D eigenvalue weighted by Gasteiger charge is -2.03. The van der Waals surface area contributed by atoms with Crippen LogP contribution < -0.4 is 5.73 Å². The lowest BCUT2D eigenvalue weighted by Crippen LogP contribution is -2.17. The summed E-state index contributed by atoms with van der Waals surface area (Å²) in [5.74, 6) is 0. The molecule has 0 amide bonds. The van der Waals surface area contributed by atoms with E-state index in [0.29, 0.717) is 6.54 Å². The standard InChI is InChI=1S/C5H9NO/c6-4-5-2-1-3-7-5/h1,3,5H,2,4,6H2. The average Bonchev–Trinajstić information content (AvgIpc) is 2.14. The van der Waals surface area contributed by atoms with E-state index in [1.54, 1.807) is 6.26 Å². The van der Waals surface area contributed by atoms with E-state index in [2.05, 4.69) is 0 Å². The largest absolute Gasteiger partial charge is 0.497 e. The van der Waals surface area contributed by atoms with Crippen LogP contribution in [0.4, 0.5) is 0 Å². The Morgan fingerprint density at radius 3 is 3.00 bits per heavy atom. The SMILES string of the molecule is NCC1CC=CO1. The lowest BCUT2D eigenvalue weighted by molar-refractivity contribution is 0.178. The monoisotopic (exact) mass is 99.1 g/mol. The van der Waals surface area contributed by atoms with Gasteiger partial charge in [0.05, 0.1) is 6.26 Å². The van der Waals surface area contributed by atoms with Gasteiger partial charge >= 0.3 is 0 Å². The van der Waals surface area contributed by atoms with Gasteiger partial charge in [0, 0.05) is 13.0 Å². The van der Waals surface area contributed by atoms with Crippen molar-refractivity contribution in [3.05, 3.63) is 12.3 Å². The molecule has 0 aromatic heterocycles. The first-order chi connectivity index (χ1) is 3.43. The van der Waals surface area contributed by atoms with E-state index in [0.717, 1.165) is 6.42 Å². The van der Waals surface area contributed by atoms with Crippen LogP contribution in [0.2, 0.25) is 0 Å². The van der Waals surface area contributed by atoms with Crippen molar-refractivity contribution in [2.75, 3.05) is 6.54 Å². The molecule has 1 aliphatic heterocycles. The molecule has 0 spiro atoms. The van der Waals surface area contributed by atoms with Crippen LogP contribution in [0.1, 0.15) is 6.42 Å². The second-order valence-corrected chi connectivity index (χ2v) is 1.60. The highest BCUT2D eigenvalue weighted by Gasteiger charge is 2.06. The van der Waals surface area contributed by atoms with Crippen molar-refractivity contribution < 1.29 is 4.74 Å². The van der Waals surface area contributed by atoms with E-state index in [4.69, 9.17) is 10.5 Å². The quantitative estimate of drug-likeness (QED) is 0.511. The van der Waals surface area contributed by atoms with Crippen LogP contribution in [0, 0.1) is 0 Å². The normalized spacial score (nSPS) is 27.9. The highest BCUT2D eigenvalue weighted by molar-refractivity contribution is 4.86. The van der Waals surface area contributed by atoms with E-state index in [1.807, 2.05) is 6.08 Å². The molecule has 0 aromatic rings. The van der Waals surface area contributed by atoms with E-state index in [1.165, 1.54) is 0 Å². The van der Waals surface area contributed by atoms with Gasteiger partial charge < -0.3 is 10.5 Å². The van der Waals surface area contributed by atoms with Crippen molar-refractivity contribution in [1.29, 1.82) is 0 Å². The maximum absolute atomic E-state index is 5.27. The number of ether oxygens (including phenoxy) is 1. The number of nitrogens with two attached hydrogens (primary N) is 1. The van der Waals surface area contributed by atoms with Crippen molar-refractivity contribution >= 4 is 0 Å². The molecule has 0 aromatic carbocycles. The van der Waals surface area contributed by atoms with Crippen LogP contribution in [0.3, 0.4) is 0 Å². The lowest BCUT2D eigenvalue weighted by atomic mass is 10.3. The summed E-state index contributed by atoms with van der Waals surface area (Å²) in [5.41, 5.74) is 5.27. The number of hydrogen-bond acceptors (Lipinski definition) is 2. The molecule has 0 saturated carbocycles. The van der Waals surface area contributed by atoms with Crippen LogP contribution in [0.5, 0.6) is 0 Å². The van der Waals surface area contributed by atoms with Crippen LogP contribution in [0.25, 0.3) is 0 Å². The minimum Gasteiger partial charge on any atom is -0.497 e. The first-order valence-electron chi connectivity index (χ1n) is 2.44. The van der Waals surface area contributed by atoms with Gasteiger partial charge in [-0.2, -0.15) is 0 Å². The molecule has 0 fully saturated rings. The van der Waals surface area contributed by atoms with Crippen LogP contribution >= 0.6 is 0 Å². The maximum Gasteiger partial charge on any atom is 0.113 e. The third kappa shape index (κ3) is 0.933. The Bertz CT molecular complexity index is 72.1. The van der Waals surface area contributed by atoms with Gasteiger partial charge in [-0.1, -0.05) is 0 Å². The average molecular weight is 99.1 g/mol. The summed E-state index contributed by atoms with van der Waals surface area (Å²) in [6.45, 7) is 0.632. The maximum atomic E-state index is 5.27. The van der Waals surface area contributed by atoms with Crippen molar-refractivity contribution in [2.24, 2.45) is 5.73 Å². The fourth-order valence-corrected chi connectivity index (χ4v) is 0.581. The predicted octanol–water partition coefficient (Wildman–Crippen LogP) is 0.248. The molecule has 7 heavy (non-hydrogen) atoms. The zero-order valence-corrected chi connectivity index (χ0v) is 4.13. The smallest absolute Gasteiger partial charge is 0.113 e. The van der Waals surface area contributed by atoms with Gasteiger partial charge in [-0.15, -0.1) is 0 Å². The van der Waals surface area contributed by atoms with E-state index >= 15 is 0 Å². The summed E-state index contributed by atoms with van der Waals surface area (Å²) in [6, 6.07) is 0. The Balaban J connectivity index is 2.22. The molecular weight excluding hydrogens is 90.1 g/mol. The highest BCUT2D eigenvalue weighted by Crippen LogP contribution is 2.05. The molecule has 1 atom stereocenters. The predicted molar refractivity (Wildman–Crippen MR) is 27.7 cm³/mol. The van der Waals surface area contributed by atoms with Crippen LogP contribution in [-0.2, 0) is 4.74 Å². The molecule has 1 heterocycles. The van der Waals surface area contributed by atoms with Crippen molar-refractivity contribution in [1.82, 2.24) is 0 Å². The third-order valence-electron chi connectivity index (χ3n) is 1.03. The van der Waals surface area contributed by atoms with Crippen LogP contribution in [0.15, 0.2) is 12.3 Å². The zero-order valence-electron chi connectivity index (χ0n) is 4.13. The van der Waals surface area contributed by atoms with E-state index in [-0.39, 0.29) is 6.10 Å². The Kier molecular flexibility index (Phi) is 1.32. The van der Waals surface area contributed by atoms with Crippen molar-refractivity contribution in [3.63, 3.8) is 0 Å². The molecular formula is C5H9NO. The van der Waals surface area contributed by atoms with Crippen molar-refractivity contribution in [3.8, 4) is 0 Å². The summed E-state index contributed by atoms with van der Waals surface area (Å²) < 4.78 is 5.00. The molecule has 2 heteroatoms. The second kappa shape index (κ2) is 1.98. The van der Waals surface area contributed by atoms with Gasteiger partial charge in [-0.3, -0.25) is 0 Å². The Morgan fingerprint density at radius 2 is 2.71 bits per heavy atom. The summed E-state index contributed by atoms with van der Waals surface area (Å²) in [4.78, 5) is 0. The molecule has 40 valence electrons. The second-order valence-electron chi connectivity index (χ2n) is 1.60. The molecule has 0 radical (unpaired) electrons. The highest BCUT2D eigenvalue weighted by atomic mass is 16.5. The molecule has 0 saturated heterocycles.